The number of carbonyl (C=O) groups is 2. The third kappa shape index (κ3) is 3.96. The number of rotatable bonds is 5. The van der Waals surface area contributed by atoms with Crippen LogP contribution in [0.4, 0.5) is 5.82 Å². The molecule has 5 rings (SSSR count). The Labute approximate surface area is 197 Å². The zero-order valence-corrected chi connectivity index (χ0v) is 19.1. The molecule has 3 aromatic rings. The van der Waals surface area contributed by atoms with E-state index in [1.807, 2.05) is 35.2 Å². The molecule has 8 nitrogen and oxygen atoms in total. The Kier molecular flexibility index (Phi) is 5.65. The number of nitrogens with zero attached hydrogens (tertiary/aromatic N) is 3. The van der Waals surface area contributed by atoms with E-state index in [1.165, 1.54) is 6.20 Å². The van der Waals surface area contributed by atoms with E-state index in [0.29, 0.717) is 53.8 Å². The molecule has 8 heteroatoms. The molecule has 0 N–H and O–H groups in total. The molecule has 34 heavy (non-hydrogen) atoms. The highest BCUT2D eigenvalue weighted by molar-refractivity contribution is 6.01. The van der Waals surface area contributed by atoms with Gasteiger partial charge in [0.05, 0.1) is 32.2 Å². The fourth-order valence-electron chi connectivity index (χ4n) is 4.55. The van der Waals surface area contributed by atoms with Crippen LogP contribution in [-0.2, 0) is 4.74 Å². The van der Waals surface area contributed by atoms with Gasteiger partial charge >= 0.3 is 5.97 Å². The number of fused-ring (bicyclic) bond motifs is 1. The first kappa shape index (κ1) is 21.9. The highest BCUT2D eigenvalue weighted by Crippen LogP contribution is 2.41. The summed E-state index contributed by atoms with van der Waals surface area (Å²) in [4.78, 5) is 36.8. The van der Waals surface area contributed by atoms with Gasteiger partial charge < -0.3 is 19.1 Å². The molecule has 2 aliphatic rings. The maximum absolute atomic E-state index is 13.0. The quantitative estimate of drug-likeness (QED) is 0.530. The zero-order chi connectivity index (χ0) is 23.7. The Morgan fingerprint density at radius 2 is 2.03 bits per heavy atom. The fraction of sp³-hybridized carbons (Fsp3) is 0.308. The van der Waals surface area contributed by atoms with Crippen molar-refractivity contribution in [2.24, 2.45) is 0 Å². The molecule has 1 spiro atoms. The van der Waals surface area contributed by atoms with Gasteiger partial charge in [0.1, 0.15) is 28.5 Å². The fourth-order valence-corrected chi connectivity index (χ4v) is 4.55. The van der Waals surface area contributed by atoms with Crippen LogP contribution in [0.3, 0.4) is 0 Å². The van der Waals surface area contributed by atoms with Gasteiger partial charge in [-0.25, -0.2) is 14.8 Å². The van der Waals surface area contributed by atoms with Crippen LogP contribution in [0, 0.1) is 0 Å². The molecule has 1 unspecified atom stereocenters. The number of Topliss-reactive ketones (excluding diaryl/α,β-unsaturated/α-hetero) is 1. The molecule has 2 aliphatic heterocycles. The summed E-state index contributed by atoms with van der Waals surface area (Å²) in [6.45, 7) is 3.01. The molecule has 0 saturated carbocycles. The number of hydrogen-bond acceptors (Lipinski definition) is 8. The summed E-state index contributed by atoms with van der Waals surface area (Å²) in [7, 11) is 1.57. The molecular formula is C26H25N3O5. The molecule has 1 aromatic heterocycles. The van der Waals surface area contributed by atoms with E-state index in [2.05, 4.69) is 4.98 Å². The Morgan fingerprint density at radius 3 is 2.79 bits per heavy atom. The van der Waals surface area contributed by atoms with E-state index in [1.54, 1.807) is 32.2 Å². The second-order valence-electron chi connectivity index (χ2n) is 8.44. The number of ether oxygens (including phenoxy) is 3. The van der Waals surface area contributed by atoms with E-state index in [4.69, 9.17) is 19.2 Å². The summed E-state index contributed by atoms with van der Waals surface area (Å²) in [5, 5.41) is 0. The second-order valence-corrected chi connectivity index (χ2v) is 8.44. The Bertz CT molecular complexity index is 1250. The molecule has 0 bridgehead atoms. The summed E-state index contributed by atoms with van der Waals surface area (Å²) < 4.78 is 16.9. The van der Waals surface area contributed by atoms with Crippen LogP contribution in [0.15, 0.2) is 54.7 Å². The highest BCUT2D eigenvalue weighted by atomic mass is 16.5. The first-order chi connectivity index (χ1) is 16.5. The standard InChI is InChI=1S/C26H25N3O5/c1-3-33-25(31)20-15-27-23(17-7-5-4-6-8-17)28-24(20)29-12-11-26(16-29)14-21(30)19-13-18(32-2)9-10-22(19)34-26/h4-10,13,15H,3,11-12,14,16H2,1-2H3. The van der Waals surface area contributed by atoms with E-state index < -0.39 is 11.6 Å². The summed E-state index contributed by atoms with van der Waals surface area (Å²) in [6, 6.07) is 14.9. The molecule has 0 amide bonds. The number of ketones is 1. The average molecular weight is 460 g/mol. The van der Waals surface area contributed by atoms with Crippen LogP contribution in [-0.4, -0.2) is 54.1 Å². The van der Waals surface area contributed by atoms with Gasteiger partial charge in [0.2, 0.25) is 0 Å². The highest BCUT2D eigenvalue weighted by Gasteiger charge is 2.47. The summed E-state index contributed by atoms with van der Waals surface area (Å²) in [5.74, 6) is 1.71. The van der Waals surface area contributed by atoms with Gasteiger partial charge in [-0.2, -0.15) is 0 Å². The van der Waals surface area contributed by atoms with Gasteiger partial charge in [0.25, 0.3) is 0 Å². The van der Waals surface area contributed by atoms with Gasteiger partial charge in [-0.3, -0.25) is 4.79 Å². The van der Waals surface area contributed by atoms with Crippen molar-refractivity contribution in [3.8, 4) is 22.9 Å². The Hall–Kier alpha value is -3.94. The van der Waals surface area contributed by atoms with Crippen molar-refractivity contribution in [3.63, 3.8) is 0 Å². The van der Waals surface area contributed by atoms with Crippen molar-refractivity contribution >= 4 is 17.6 Å². The van der Waals surface area contributed by atoms with Crippen molar-refractivity contribution < 1.29 is 23.8 Å². The van der Waals surface area contributed by atoms with E-state index >= 15 is 0 Å². The van der Waals surface area contributed by atoms with Crippen molar-refractivity contribution in [1.29, 1.82) is 0 Å². The lowest BCUT2D eigenvalue weighted by Gasteiger charge is -2.35. The third-order valence-electron chi connectivity index (χ3n) is 6.21. The zero-order valence-electron chi connectivity index (χ0n) is 19.1. The van der Waals surface area contributed by atoms with Gasteiger partial charge in [-0.05, 0) is 25.1 Å². The van der Waals surface area contributed by atoms with Crippen molar-refractivity contribution in [2.45, 2.75) is 25.4 Å². The monoisotopic (exact) mass is 459 g/mol. The summed E-state index contributed by atoms with van der Waals surface area (Å²) in [5.41, 5.74) is 0.984. The Balaban J connectivity index is 1.48. The molecule has 1 atom stereocenters. The topological polar surface area (TPSA) is 90.9 Å². The van der Waals surface area contributed by atoms with Gasteiger partial charge in [-0.15, -0.1) is 0 Å². The maximum atomic E-state index is 13.0. The minimum Gasteiger partial charge on any atom is -0.497 e. The van der Waals surface area contributed by atoms with Crippen molar-refractivity contribution in [2.75, 3.05) is 31.7 Å². The lowest BCUT2D eigenvalue weighted by molar-refractivity contribution is 0.0514. The SMILES string of the molecule is CCOC(=O)c1cnc(-c2ccccc2)nc1N1CCC2(CC(=O)c3cc(OC)ccc3O2)C1. The van der Waals surface area contributed by atoms with Crippen LogP contribution in [0.2, 0.25) is 0 Å². The number of aromatic nitrogens is 2. The minimum absolute atomic E-state index is 0.0141. The van der Waals surface area contributed by atoms with Gasteiger partial charge in [0.15, 0.2) is 11.6 Å². The maximum Gasteiger partial charge on any atom is 0.343 e. The lowest BCUT2D eigenvalue weighted by atomic mass is 9.89. The normalized spacial score (nSPS) is 19.0. The predicted octanol–water partition coefficient (Wildman–Crippen LogP) is 3.94. The molecule has 0 aliphatic carbocycles. The minimum atomic E-state index is -0.692. The number of anilines is 1. The summed E-state index contributed by atoms with van der Waals surface area (Å²) in [6.07, 6.45) is 2.38. The molecular weight excluding hydrogens is 434 g/mol. The van der Waals surface area contributed by atoms with Crippen LogP contribution in [0.5, 0.6) is 11.5 Å². The van der Waals surface area contributed by atoms with E-state index in [0.717, 1.165) is 5.56 Å². The van der Waals surface area contributed by atoms with Crippen LogP contribution in [0.25, 0.3) is 11.4 Å². The molecule has 2 aromatic carbocycles. The number of carbonyl (C=O) groups excluding carboxylic acids is 2. The average Bonchev–Trinajstić information content (AvgIpc) is 3.26. The number of benzene rings is 2. The van der Waals surface area contributed by atoms with Crippen molar-refractivity contribution in [3.05, 3.63) is 65.9 Å². The first-order valence-electron chi connectivity index (χ1n) is 11.3. The summed E-state index contributed by atoms with van der Waals surface area (Å²) >= 11 is 0. The number of esters is 1. The molecule has 1 saturated heterocycles. The molecule has 0 radical (unpaired) electrons. The first-order valence-corrected chi connectivity index (χ1v) is 11.3. The van der Waals surface area contributed by atoms with Crippen LogP contribution in [0.1, 0.15) is 40.5 Å². The molecule has 1 fully saturated rings. The molecule has 174 valence electrons. The predicted molar refractivity (Wildman–Crippen MR) is 126 cm³/mol. The number of methoxy groups -OCH3 is 1. The van der Waals surface area contributed by atoms with E-state index in [-0.39, 0.29) is 18.8 Å². The third-order valence-corrected chi connectivity index (χ3v) is 6.21. The van der Waals surface area contributed by atoms with Gasteiger partial charge in [0, 0.05) is 24.7 Å². The smallest absolute Gasteiger partial charge is 0.343 e. The van der Waals surface area contributed by atoms with Gasteiger partial charge in [-0.1, -0.05) is 30.3 Å². The van der Waals surface area contributed by atoms with Crippen molar-refractivity contribution in [1.82, 2.24) is 9.97 Å². The lowest BCUT2D eigenvalue weighted by Crippen LogP contribution is -2.44. The van der Waals surface area contributed by atoms with Crippen LogP contribution < -0.4 is 14.4 Å². The Morgan fingerprint density at radius 1 is 1.21 bits per heavy atom. The second kappa shape index (κ2) is 8.78. The van der Waals surface area contributed by atoms with E-state index in [9.17, 15) is 9.59 Å². The van der Waals surface area contributed by atoms with Crippen LogP contribution >= 0.6 is 0 Å². The molecule has 3 heterocycles. The number of hydrogen-bond donors (Lipinski definition) is 0. The largest absolute Gasteiger partial charge is 0.497 e.